The lowest BCUT2D eigenvalue weighted by Crippen LogP contribution is -2.62. The van der Waals surface area contributed by atoms with Crippen LogP contribution in [0.5, 0.6) is 0 Å². The molecular formula is C27H48N2O3. The van der Waals surface area contributed by atoms with Gasteiger partial charge in [-0.1, -0.05) is 71.1 Å². The molecule has 0 bridgehead atoms. The second-order valence-electron chi connectivity index (χ2n) is 11.8. The second kappa shape index (κ2) is 11.3. The fourth-order valence-electron chi connectivity index (χ4n) is 6.69. The smallest absolute Gasteiger partial charge is 0.238 e. The molecule has 2 aliphatic heterocycles. The number of rotatable bonds is 13. The number of imide groups is 1. The minimum atomic E-state index is -0.903. The molecule has 0 radical (unpaired) electrons. The molecule has 2 rings (SSSR count). The van der Waals surface area contributed by atoms with E-state index in [1.807, 2.05) is 0 Å². The number of nitrogens with one attached hydrogen (secondary N) is 2. The van der Waals surface area contributed by atoms with Crippen molar-refractivity contribution in [2.75, 3.05) is 0 Å². The quantitative estimate of drug-likeness (QED) is 0.215. The zero-order chi connectivity index (χ0) is 24.0. The minimum Gasteiger partial charge on any atom is -0.307 e. The maximum atomic E-state index is 13.3. The van der Waals surface area contributed by atoms with Gasteiger partial charge in [-0.15, -0.1) is 0 Å². The van der Waals surface area contributed by atoms with E-state index in [0.29, 0.717) is 6.42 Å². The number of unbranched alkanes of at least 4 members (excludes halogenated alkanes) is 9. The first-order valence-corrected chi connectivity index (χ1v) is 13.1. The van der Waals surface area contributed by atoms with Crippen molar-refractivity contribution in [1.82, 2.24) is 10.6 Å². The predicted molar refractivity (Wildman–Crippen MR) is 130 cm³/mol. The van der Waals surface area contributed by atoms with Crippen LogP contribution in [0.15, 0.2) is 0 Å². The van der Waals surface area contributed by atoms with Gasteiger partial charge in [0.15, 0.2) is 0 Å². The Morgan fingerprint density at radius 3 is 1.78 bits per heavy atom. The Morgan fingerprint density at radius 1 is 0.844 bits per heavy atom. The number of amides is 2. The maximum Gasteiger partial charge on any atom is 0.238 e. The molecule has 2 unspecified atom stereocenters. The van der Waals surface area contributed by atoms with Gasteiger partial charge in [0.2, 0.25) is 11.8 Å². The van der Waals surface area contributed by atoms with Gasteiger partial charge in [0, 0.05) is 11.1 Å². The molecule has 0 spiro atoms. The Hall–Kier alpha value is -1.23. The van der Waals surface area contributed by atoms with Gasteiger partial charge in [-0.05, 0) is 59.8 Å². The summed E-state index contributed by atoms with van der Waals surface area (Å²) in [4.78, 5) is 38.7. The Kier molecular flexibility index (Phi) is 9.51. The molecule has 0 aliphatic carbocycles. The number of carbonyl (C=O) groups excluding carboxylic acids is 3. The lowest BCUT2D eigenvalue weighted by Gasteiger charge is -2.52. The molecule has 5 nitrogen and oxygen atoms in total. The third-order valence-corrected chi connectivity index (χ3v) is 7.71. The second-order valence-corrected chi connectivity index (χ2v) is 11.8. The fraction of sp³-hybridized carbons (Fsp3) is 0.889. The Labute approximate surface area is 196 Å². The van der Waals surface area contributed by atoms with Crippen LogP contribution in [-0.4, -0.2) is 28.7 Å². The van der Waals surface area contributed by atoms with Crippen molar-refractivity contribution in [3.05, 3.63) is 0 Å². The lowest BCUT2D eigenvalue weighted by molar-refractivity contribution is -0.144. The van der Waals surface area contributed by atoms with E-state index in [0.717, 1.165) is 32.1 Å². The van der Waals surface area contributed by atoms with E-state index >= 15 is 0 Å². The zero-order valence-corrected chi connectivity index (χ0v) is 21.6. The highest BCUT2D eigenvalue weighted by atomic mass is 16.2. The van der Waals surface area contributed by atoms with E-state index in [-0.39, 0.29) is 34.6 Å². The summed E-state index contributed by atoms with van der Waals surface area (Å²) in [6.45, 7) is 12.4. The standard InChI is InChI=1S/C27H48N2O3/c1-7-8-9-10-11-12-13-14-15-16-17-27(22(20(2)30)23(31)28-24(27)32)21-18-25(3,4)29-26(5,6)19-21/h21-22,29H,7-19H2,1-6H3,(H,28,31,32). The van der Waals surface area contributed by atoms with Crippen LogP contribution in [0.25, 0.3) is 0 Å². The van der Waals surface area contributed by atoms with Crippen LogP contribution in [0.1, 0.15) is 125 Å². The van der Waals surface area contributed by atoms with Gasteiger partial charge in [-0.3, -0.25) is 19.7 Å². The van der Waals surface area contributed by atoms with E-state index in [1.165, 1.54) is 51.9 Å². The van der Waals surface area contributed by atoms with E-state index in [2.05, 4.69) is 45.3 Å². The van der Waals surface area contributed by atoms with Crippen molar-refractivity contribution in [2.45, 2.75) is 136 Å². The molecule has 2 amide bonds. The molecule has 0 aromatic rings. The topological polar surface area (TPSA) is 75.3 Å². The van der Waals surface area contributed by atoms with Crippen LogP contribution >= 0.6 is 0 Å². The van der Waals surface area contributed by atoms with Gasteiger partial charge in [0.1, 0.15) is 11.7 Å². The van der Waals surface area contributed by atoms with Crippen molar-refractivity contribution in [3.8, 4) is 0 Å². The van der Waals surface area contributed by atoms with E-state index in [9.17, 15) is 14.4 Å². The molecule has 2 heterocycles. The first-order valence-electron chi connectivity index (χ1n) is 13.1. The average Bonchev–Trinajstić information content (AvgIpc) is 2.91. The number of carbonyl (C=O) groups is 3. The van der Waals surface area contributed by atoms with Crippen molar-refractivity contribution >= 4 is 17.6 Å². The van der Waals surface area contributed by atoms with Crippen molar-refractivity contribution in [3.63, 3.8) is 0 Å². The molecule has 0 saturated carbocycles. The molecule has 0 aromatic heterocycles. The molecule has 2 fully saturated rings. The molecule has 184 valence electrons. The Morgan fingerprint density at radius 2 is 1.31 bits per heavy atom. The van der Waals surface area contributed by atoms with Gasteiger partial charge in [0.05, 0.1) is 5.41 Å². The minimum absolute atomic E-state index is 0.00710. The van der Waals surface area contributed by atoms with Crippen LogP contribution in [0.2, 0.25) is 0 Å². The van der Waals surface area contributed by atoms with Gasteiger partial charge >= 0.3 is 0 Å². The normalized spacial score (nSPS) is 27.5. The number of piperidine rings is 1. The van der Waals surface area contributed by atoms with Gasteiger partial charge in [0.25, 0.3) is 0 Å². The third-order valence-electron chi connectivity index (χ3n) is 7.71. The van der Waals surface area contributed by atoms with E-state index in [4.69, 9.17) is 0 Å². The largest absolute Gasteiger partial charge is 0.307 e. The van der Waals surface area contributed by atoms with Crippen molar-refractivity contribution in [2.24, 2.45) is 17.3 Å². The van der Waals surface area contributed by atoms with Crippen LogP contribution in [-0.2, 0) is 14.4 Å². The van der Waals surface area contributed by atoms with Gasteiger partial charge in [-0.25, -0.2) is 0 Å². The Bertz CT molecular complexity index is 654. The van der Waals surface area contributed by atoms with E-state index < -0.39 is 11.3 Å². The average molecular weight is 449 g/mol. The molecule has 2 N–H and O–H groups in total. The summed E-state index contributed by atoms with van der Waals surface area (Å²) in [5.41, 5.74) is -1.20. The summed E-state index contributed by atoms with van der Waals surface area (Å²) in [6.07, 6.45) is 14.4. The molecule has 2 saturated heterocycles. The summed E-state index contributed by atoms with van der Waals surface area (Å²) >= 11 is 0. The van der Waals surface area contributed by atoms with Gasteiger partial charge < -0.3 is 5.32 Å². The highest BCUT2D eigenvalue weighted by molar-refractivity contribution is 6.17. The molecular weight excluding hydrogens is 400 g/mol. The lowest BCUT2D eigenvalue weighted by atomic mass is 9.57. The fourth-order valence-corrected chi connectivity index (χ4v) is 6.69. The first kappa shape index (κ1) is 27.0. The zero-order valence-electron chi connectivity index (χ0n) is 21.6. The summed E-state index contributed by atoms with van der Waals surface area (Å²) in [6, 6.07) is 0. The molecule has 32 heavy (non-hydrogen) atoms. The number of hydrogen-bond acceptors (Lipinski definition) is 4. The van der Waals surface area contributed by atoms with Crippen LogP contribution < -0.4 is 10.6 Å². The van der Waals surface area contributed by atoms with Crippen molar-refractivity contribution < 1.29 is 14.4 Å². The number of ketones is 1. The van der Waals surface area contributed by atoms with E-state index in [1.54, 1.807) is 0 Å². The molecule has 5 heteroatoms. The number of hydrogen-bond donors (Lipinski definition) is 2. The third kappa shape index (κ3) is 6.65. The van der Waals surface area contributed by atoms with Gasteiger partial charge in [-0.2, -0.15) is 0 Å². The molecule has 0 aromatic carbocycles. The number of Topliss-reactive ketones (excluding diaryl/α,β-unsaturated/α-hetero) is 1. The SMILES string of the molecule is CCCCCCCCCCCCC1(C2CC(C)(C)NC(C)(C)C2)C(=O)NC(=O)C1C(C)=O. The summed E-state index contributed by atoms with van der Waals surface area (Å²) < 4.78 is 0. The van der Waals surface area contributed by atoms with Crippen molar-refractivity contribution in [1.29, 1.82) is 0 Å². The molecule has 2 aliphatic rings. The summed E-state index contributed by atoms with van der Waals surface area (Å²) in [7, 11) is 0. The van der Waals surface area contributed by atoms with Crippen LogP contribution in [0.3, 0.4) is 0 Å². The Balaban J connectivity index is 2.06. The maximum absolute atomic E-state index is 13.3. The molecule has 2 atom stereocenters. The summed E-state index contributed by atoms with van der Waals surface area (Å²) in [5.74, 6) is -1.61. The highest BCUT2D eigenvalue weighted by Gasteiger charge is 2.62. The first-order chi connectivity index (χ1) is 14.9. The monoisotopic (exact) mass is 448 g/mol. The van der Waals surface area contributed by atoms with Crippen LogP contribution in [0.4, 0.5) is 0 Å². The highest BCUT2D eigenvalue weighted by Crippen LogP contribution is 2.52. The van der Waals surface area contributed by atoms with Crippen LogP contribution in [0, 0.1) is 17.3 Å². The summed E-state index contributed by atoms with van der Waals surface area (Å²) in [5, 5.41) is 6.24. The predicted octanol–water partition coefficient (Wildman–Crippen LogP) is 5.70.